The van der Waals surface area contributed by atoms with Crippen molar-refractivity contribution >= 4 is 12.4 Å². The number of nitrogens with two attached hydrogens (primary N) is 1. The quantitative estimate of drug-likeness (QED) is 0.919. The van der Waals surface area contributed by atoms with E-state index in [1.807, 2.05) is 36.4 Å². The van der Waals surface area contributed by atoms with Crippen LogP contribution in [0.2, 0.25) is 0 Å². The largest absolute Gasteiger partial charge is 0.485 e. The maximum Gasteiger partial charge on any atom is 0.166 e. The molecule has 2 aromatic rings. The van der Waals surface area contributed by atoms with E-state index in [0.29, 0.717) is 0 Å². The summed E-state index contributed by atoms with van der Waals surface area (Å²) in [6.07, 6.45) is 3.87. The molecule has 0 saturated carbocycles. The average Bonchev–Trinajstić information content (AvgIpc) is 2.95. The van der Waals surface area contributed by atoms with Crippen molar-refractivity contribution in [1.82, 2.24) is 0 Å². The van der Waals surface area contributed by atoms with Crippen molar-refractivity contribution in [2.24, 2.45) is 11.7 Å². The van der Waals surface area contributed by atoms with Crippen LogP contribution in [0.1, 0.15) is 25.0 Å². The summed E-state index contributed by atoms with van der Waals surface area (Å²) in [6.45, 7) is 4.11. The van der Waals surface area contributed by atoms with Crippen LogP contribution in [0.5, 0.6) is 0 Å². The van der Waals surface area contributed by atoms with Crippen molar-refractivity contribution in [3.8, 4) is 0 Å². The molecule has 0 spiro atoms. The van der Waals surface area contributed by atoms with Gasteiger partial charge in [0, 0.05) is 22.6 Å². The first-order chi connectivity index (χ1) is 10.0. The third kappa shape index (κ3) is 2.65. The molecule has 0 amide bonds. The van der Waals surface area contributed by atoms with E-state index < -0.39 is 11.1 Å². The van der Waals surface area contributed by atoms with E-state index in [1.54, 1.807) is 6.26 Å². The topological polar surface area (TPSA) is 35.2 Å². The van der Waals surface area contributed by atoms with Crippen LogP contribution >= 0.6 is 12.4 Å². The molecule has 1 unspecified atom stereocenters. The molecule has 0 saturated heterocycles. The van der Waals surface area contributed by atoms with Crippen LogP contribution in [-0.2, 0) is 10.3 Å². The summed E-state index contributed by atoms with van der Waals surface area (Å²) >= 11 is 0. The van der Waals surface area contributed by atoms with Crippen LogP contribution < -0.4 is 5.73 Å². The Morgan fingerprint density at radius 2 is 1.36 bits per heavy atom. The lowest BCUT2D eigenvalue weighted by Gasteiger charge is -2.41. The molecular weight excluding hydrogens is 294 g/mol. The molecule has 0 fully saturated rings. The highest BCUT2D eigenvalue weighted by molar-refractivity contribution is 5.85. The van der Waals surface area contributed by atoms with E-state index in [4.69, 9.17) is 10.5 Å². The zero-order valence-corrected chi connectivity index (χ0v) is 13.7. The molecule has 0 aliphatic carbocycles. The highest BCUT2D eigenvalue weighted by atomic mass is 35.5. The monoisotopic (exact) mass is 315 g/mol. The SMILES string of the molecule is CC(C)(N)C1C=COC1(c1ccccc1)c1ccccc1.Cl. The Hall–Kier alpha value is -1.77. The van der Waals surface area contributed by atoms with Crippen LogP contribution in [-0.4, -0.2) is 5.54 Å². The van der Waals surface area contributed by atoms with E-state index in [9.17, 15) is 0 Å². The molecule has 2 aromatic carbocycles. The Kier molecular flexibility index (Phi) is 4.64. The van der Waals surface area contributed by atoms with E-state index in [2.05, 4.69) is 44.2 Å². The Balaban J connectivity index is 0.00000176. The summed E-state index contributed by atoms with van der Waals surface area (Å²) in [4.78, 5) is 0. The minimum Gasteiger partial charge on any atom is -0.485 e. The Labute approximate surface area is 138 Å². The average molecular weight is 316 g/mol. The minimum absolute atomic E-state index is 0. The highest BCUT2D eigenvalue weighted by Gasteiger charge is 2.50. The summed E-state index contributed by atoms with van der Waals surface area (Å²) in [5, 5.41) is 0. The number of ether oxygens (including phenoxy) is 1. The Morgan fingerprint density at radius 3 is 1.77 bits per heavy atom. The van der Waals surface area contributed by atoms with Gasteiger partial charge >= 0.3 is 0 Å². The lowest BCUT2D eigenvalue weighted by atomic mass is 9.69. The van der Waals surface area contributed by atoms with E-state index in [0.717, 1.165) is 11.1 Å². The molecule has 1 aliphatic rings. The number of hydrogen-bond donors (Lipinski definition) is 1. The van der Waals surface area contributed by atoms with Crippen LogP contribution in [0.25, 0.3) is 0 Å². The first-order valence-corrected chi connectivity index (χ1v) is 7.29. The Morgan fingerprint density at radius 1 is 0.909 bits per heavy atom. The van der Waals surface area contributed by atoms with Gasteiger partial charge in [-0.3, -0.25) is 0 Å². The smallest absolute Gasteiger partial charge is 0.166 e. The van der Waals surface area contributed by atoms with Crippen molar-refractivity contribution < 1.29 is 4.74 Å². The Bertz CT molecular complexity index is 592. The zero-order chi connectivity index (χ0) is 14.9. The third-order valence-electron chi connectivity index (χ3n) is 4.17. The summed E-state index contributed by atoms with van der Waals surface area (Å²) in [5.74, 6) is 0.0646. The van der Waals surface area contributed by atoms with Gasteiger partial charge < -0.3 is 10.5 Å². The van der Waals surface area contributed by atoms with Crippen molar-refractivity contribution in [2.75, 3.05) is 0 Å². The molecule has 1 atom stereocenters. The summed E-state index contributed by atoms with van der Waals surface area (Å²) in [5.41, 5.74) is 7.77. The van der Waals surface area contributed by atoms with Crippen LogP contribution in [0.4, 0.5) is 0 Å². The van der Waals surface area contributed by atoms with Gasteiger partial charge in [-0.15, -0.1) is 12.4 Å². The summed E-state index contributed by atoms with van der Waals surface area (Å²) in [7, 11) is 0. The molecule has 2 N–H and O–H groups in total. The zero-order valence-electron chi connectivity index (χ0n) is 12.9. The van der Waals surface area contributed by atoms with Gasteiger partial charge in [0.15, 0.2) is 5.60 Å². The summed E-state index contributed by atoms with van der Waals surface area (Å²) in [6, 6.07) is 20.7. The van der Waals surface area contributed by atoms with Crippen molar-refractivity contribution in [3.05, 3.63) is 84.1 Å². The van der Waals surface area contributed by atoms with Gasteiger partial charge in [-0.2, -0.15) is 0 Å². The molecule has 1 heterocycles. The molecule has 116 valence electrons. The number of halogens is 1. The van der Waals surface area contributed by atoms with E-state index >= 15 is 0 Å². The van der Waals surface area contributed by atoms with Crippen molar-refractivity contribution in [3.63, 3.8) is 0 Å². The molecule has 0 radical (unpaired) electrons. The highest BCUT2D eigenvalue weighted by Crippen LogP contribution is 2.48. The van der Waals surface area contributed by atoms with Gasteiger partial charge in [0.05, 0.1) is 6.26 Å². The van der Waals surface area contributed by atoms with Crippen LogP contribution in [0, 0.1) is 5.92 Å². The molecule has 2 nitrogen and oxygen atoms in total. The predicted octanol–water partition coefficient (Wildman–Crippen LogP) is 4.25. The van der Waals surface area contributed by atoms with Gasteiger partial charge in [0.2, 0.25) is 0 Å². The van der Waals surface area contributed by atoms with Crippen LogP contribution in [0.3, 0.4) is 0 Å². The lowest BCUT2D eigenvalue weighted by Crippen LogP contribution is -2.50. The van der Waals surface area contributed by atoms with Gasteiger partial charge in [0.25, 0.3) is 0 Å². The molecular formula is C19H22ClNO. The molecule has 3 rings (SSSR count). The first-order valence-electron chi connectivity index (χ1n) is 7.29. The van der Waals surface area contributed by atoms with Crippen LogP contribution in [0.15, 0.2) is 73.0 Å². The predicted molar refractivity (Wildman–Crippen MR) is 92.9 cm³/mol. The molecule has 0 aromatic heterocycles. The second kappa shape index (κ2) is 6.15. The fourth-order valence-electron chi connectivity index (χ4n) is 3.24. The molecule has 3 heteroatoms. The van der Waals surface area contributed by atoms with Gasteiger partial charge in [0.1, 0.15) is 0 Å². The minimum atomic E-state index is -0.555. The second-order valence-corrected chi connectivity index (χ2v) is 6.21. The number of hydrogen-bond acceptors (Lipinski definition) is 2. The fraction of sp³-hybridized carbons (Fsp3) is 0.263. The number of benzene rings is 2. The van der Waals surface area contributed by atoms with Gasteiger partial charge in [-0.25, -0.2) is 0 Å². The van der Waals surface area contributed by atoms with Crippen molar-refractivity contribution in [1.29, 1.82) is 0 Å². The lowest BCUT2D eigenvalue weighted by molar-refractivity contribution is 0.0218. The molecule has 22 heavy (non-hydrogen) atoms. The van der Waals surface area contributed by atoms with Crippen molar-refractivity contribution in [2.45, 2.75) is 25.0 Å². The van der Waals surface area contributed by atoms with E-state index in [1.165, 1.54) is 0 Å². The van der Waals surface area contributed by atoms with E-state index in [-0.39, 0.29) is 18.3 Å². The molecule has 1 aliphatic heterocycles. The fourth-order valence-corrected chi connectivity index (χ4v) is 3.24. The standard InChI is InChI=1S/C19H21NO.ClH/c1-18(2,20)17-13-14-21-19(17,15-9-5-3-6-10-15)16-11-7-4-8-12-16;/h3-14,17H,20H2,1-2H3;1H. The maximum atomic E-state index is 6.46. The third-order valence-corrected chi connectivity index (χ3v) is 4.17. The maximum absolute atomic E-state index is 6.46. The second-order valence-electron chi connectivity index (χ2n) is 6.21. The summed E-state index contributed by atoms with van der Waals surface area (Å²) < 4.78 is 6.19. The van der Waals surface area contributed by atoms with Gasteiger partial charge in [-0.1, -0.05) is 60.7 Å². The van der Waals surface area contributed by atoms with Gasteiger partial charge in [-0.05, 0) is 19.9 Å². The first kappa shape index (κ1) is 16.6. The normalized spacial score (nSPS) is 19.3. The molecule has 0 bridgehead atoms. The number of rotatable bonds is 3.